The van der Waals surface area contributed by atoms with Gasteiger partial charge in [-0.2, -0.15) is 0 Å². The van der Waals surface area contributed by atoms with Gasteiger partial charge in [0.15, 0.2) is 0 Å². The average Bonchev–Trinajstić information content (AvgIpc) is 2.29. The first-order valence-electron chi connectivity index (χ1n) is 5.72. The van der Waals surface area contributed by atoms with Crippen LogP contribution in [0.1, 0.15) is 12.5 Å². The van der Waals surface area contributed by atoms with Gasteiger partial charge in [-0.3, -0.25) is 0 Å². The van der Waals surface area contributed by atoms with Crippen molar-refractivity contribution in [2.45, 2.75) is 18.7 Å². The van der Waals surface area contributed by atoms with Crippen LogP contribution < -0.4 is 5.32 Å². The highest BCUT2D eigenvalue weighted by atomic mass is 35.5. The maximum atomic E-state index is 12.2. The SMILES string of the molecule is CNCC(C)S(=O)(=O)N(C)Cc1cccc(Cl)c1. The lowest BCUT2D eigenvalue weighted by Gasteiger charge is -2.22. The molecule has 0 aromatic heterocycles. The summed E-state index contributed by atoms with van der Waals surface area (Å²) in [7, 11) is 0.0404. The molecular weight excluding hydrogens is 272 g/mol. The Hall–Kier alpha value is -0.620. The van der Waals surface area contributed by atoms with Crippen LogP contribution in [0.25, 0.3) is 0 Å². The average molecular weight is 291 g/mol. The molecule has 0 aliphatic heterocycles. The molecular formula is C12H19ClN2O2S. The number of rotatable bonds is 6. The van der Waals surface area contributed by atoms with Gasteiger partial charge in [-0.1, -0.05) is 23.7 Å². The minimum Gasteiger partial charge on any atom is -0.318 e. The molecule has 4 nitrogen and oxygen atoms in total. The van der Waals surface area contributed by atoms with Crippen LogP contribution in [0.2, 0.25) is 5.02 Å². The minimum atomic E-state index is -3.28. The number of halogens is 1. The number of hydrogen-bond acceptors (Lipinski definition) is 3. The third-order valence-corrected chi connectivity index (χ3v) is 5.15. The van der Waals surface area contributed by atoms with E-state index in [1.807, 2.05) is 12.1 Å². The predicted octanol–water partition coefficient (Wildman–Crippen LogP) is 1.71. The van der Waals surface area contributed by atoms with E-state index in [0.717, 1.165) is 5.56 Å². The van der Waals surface area contributed by atoms with Crippen molar-refractivity contribution in [3.05, 3.63) is 34.9 Å². The molecule has 1 aromatic carbocycles. The molecule has 0 saturated heterocycles. The van der Waals surface area contributed by atoms with E-state index in [2.05, 4.69) is 5.32 Å². The maximum Gasteiger partial charge on any atom is 0.218 e. The zero-order valence-electron chi connectivity index (χ0n) is 10.9. The number of benzene rings is 1. The lowest BCUT2D eigenvalue weighted by Crippen LogP contribution is -2.38. The van der Waals surface area contributed by atoms with Gasteiger partial charge in [-0.15, -0.1) is 0 Å². The van der Waals surface area contributed by atoms with Gasteiger partial charge in [-0.25, -0.2) is 12.7 Å². The summed E-state index contributed by atoms with van der Waals surface area (Å²) < 4.78 is 25.7. The van der Waals surface area contributed by atoms with Crippen LogP contribution in [0.5, 0.6) is 0 Å². The number of sulfonamides is 1. The second-order valence-corrected chi connectivity index (χ2v) is 7.19. The van der Waals surface area contributed by atoms with Crippen LogP contribution in [-0.2, 0) is 16.6 Å². The smallest absolute Gasteiger partial charge is 0.218 e. The molecule has 0 aliphatic rings. The van der Waals surface area contributed by atoms with E-state index in [4.69, 9.17) is 11.6 Å². The van der Waals surface area contributed by atoms with Gasteiger partial charge in [-0.05, 0) is 31.7 Å². The van der Waals surface area contributed by atoms with E-state index >= 15 is 0 Å². The number of nitrogens with zero attached hydrogens (tertiary/aromatic N) is 1. The Morgan fingerprint density at radius 1 is 1.44 bits per heavy atom. The van der Waals surface area contributed by atoms with Gasteiger partial charge in [0, 0.05) is 25.2 Å². The van der Waals surface area contributed by atoms with Crippen molar-refractivity contribution in [3.63, 3.8) is 0 Å². The third-order valence-electron chi connectivity index (χ3n) is 2.73. The van der Waals surface area contributed by atoms with Crippen LogP contribution in [-0.4, -0.2) is 38.6 Å². The first-order valence-corrected chi connectivity index (χ1v) is 7.60. The summed E-state index contributed by atoms with van der Waals surface area (Å²) in [6.07, 6.45) is 0. The van der Waals surface area contributed by atoms with Crippen LogP contribution in [0.3, 0.4) is 0 Å². The zero-order chi connectivity index (χ0) is 13.8. The van der Waals surface area contributed by atoms with Crippen molar-refractivity contribution < 1.29 is 8.42 Å². The molecule has 1 atom stereocenters. The zero-order valence-corrected chi connectivity index (χ0v) is 12.4. The Bertz CT molecular complexity index is 491. The Labute approximate surface area is 114 Å². The fourth-order valence-corrected chi connectivity index (χ4v) is 3.22. The third kappa shape index (κ3) is 3.95. The first-order chi connectivity index (χ1) is 8.37. The van der Waals surface area contributed by atoms with E-state index < -0.39 is 15.3 Å². The van der Waals surface area contributed by atoms with Crippen molar-refractivity contribution >= 4 is 21.6 Å². The second-order valence-electron chi connectivity index (χ2n) is 4.30. The van der Waals surface area contributed by atoms with E-state index in [1.54, 1.807) is 33.2 Å². The molecule has 0 bridgehead atoms. The summed E-state index contributed by atoms with van der Waals surface area (Å²) in [6, 6.07) is 7.22. The van der Waals surface area contributed by atoms with Crippen LogP contribution in [0, 0.1) is 0 Å². The molecule has 102 valence electrons. The van der Waals surface area contributed by atoms with Gasteiger partial charge in [0.25, 0.3) is 0 Å². The maximum absolute atomic E-state index is 12.2. The molecule has 0 saturated carbocycles. The van der Waals surface area contributed by atoms with Gasteiger partial charge in [0.1, 0.15) is 0 Å². The molecule has 0 aliphatic carbocycles. The Morgan fingerprint density at radius 2 is 2.11 bits per heavy atom. The topological polar surface area (TPSA) is 49.4 Å². The predicted molar refractivity (Wildman–Crippen MR) is 75.2 cm³/mol. The molecule has 1 unspecified atom stereocenters. The summed E-state index contributed by atoms with van der Waals surface area (Å²) >= 11 is 5.88. The normalized spacial score (nSPS) is 13.8. The van der Waals surface area contributed by atoms with Crippen LogP contribution >= 0.6 is 11.6 Å². The summed E-state index contributed by atoms with van der Waals surface area (Å²) in [4.78, 5) is 0. The standard InChI is InChI=1S/C12H19ClN2O2S/c1-10(8-14-2)18(16,17)15(3)9-11-5-4-6-12(13)7-11/h4-7,10,14H,8-9H2,1-3H3. The molecule has 0 spiro atoms. The van der Waals surface area contributed by atoms with Crippen molar-refractivity contribution in [2.75, 3.05) is 20.6 Å². The van der Waals surface area contributed by atoms with Crippen molar-refractivity contribution in [3.8, 4) is 0 Å². The van der Waals surface area contributed by atoms with Crippen LogP contribution in [0.15, 0.2) is 24.3 Å². The number of nitrogens with one attached hydrogen (secondary N) is 1. The van der Waals surface area contributed by atoms with Gasteiger partial charge in [0.2, 0.25) is 10.0 Å². The molecule has 1 N–H and O–H groups in total. The lowest BCUT2D eigenvalue weighted by molar-refractivity contribution is 0.455. The molecule has 0 amide bonds. The molecule has 1 aromatic rings. The molecule has 0 radical (unpaired) electrons. The first kappa shape index (κ1) is 15.4. The molecule has 0 fully saturated rings. The second kappa shape index (κ2) is 6.52. The highest BCUT2D eigenvalue weighted by Gasteiger charge is 2.25. The molecule has 1 rings (SSSR count). The van der Waals surface area contributed by atoms with Gasteiger partial charge in [0.05, 0.1) is 5.25 Å². The molecule has 0 heterocycles. The van der Waals surface area contributed by atoms with Gasteiger partial charge < -0.3 is 5.32 Å². The Balaban J connectivity index is 2.79. The number of hydrogen-bond donors (Lipinski definition) is 1. The Morgan fingerprint density at radius 3 is 2.67 bits per heavy atom. The summed E-state index contributed by atoms with van der Waals surface area (Å²) in [5.41, 5.74) is 0.880. The van der Waals surface area contributed by atoms with E-state index in [9.17, 15) is 8.42 Å². The molecule has 6 heteroatoms. The van der Waals surface area contributed by atoms with Crippen molar-refractivity contribution in [2.24, 2.45) is 0 Å². The van der Waals surface area contributed by atoms with E-state index in [0.29, 0.717) is 18.1 Å². The quantitative estimate of drug-likeness (QED) is 0.868. The minimum absolute atomic E-state index is 0.330. The van der Waals surface area contributed by atoms with E-state index in [-0.39, 0.29) is 0 Å². The summed E-state index contributed by atoms with van der Waals surface area (Å²) in [5.74, 6) is 0. The van der Waals surface area contributed by atoms with E-state index in [1.165, 1.54) is 4.31 Å². The largest absolute Gasteiger partial charge is 0.318 e. The summed E-state index contributed by atoms with van der Waals surface area (Å²) in [6.45, 7) is 2.46. The fourth-order valence-electron chi connectivity index (χ4n) is 1.68. The molecule has 18 heavy (non-hydrogen) atoms. The Kier molecular flexibility index (Phi) is 5.59. The highest BCUT2D eigenvalue weighted by Crippen LogP contribution is 2.15. The van der Waals surface area contributed by atoms with Crippen molar-refractivity contribution in [1.29, 1.82) is 0 Å². The van der Waals surface area contributed by atoms with Crippen molar-refractivity contribution in [1.82, 2.24) is 9.62 Å². The van der Waals surface area contributed by atoms with Gasteiger partial charge >= 0.3 is 0 Å². The lowest BCUT2D eigenvalue weighted by atomic mass is 10.2. The fraction of sp³-hybridized carbons (Fsp3) is 0.500. The van der Waals surface area contributed by atoms with Crippen LogP contribution in [0.4, 0.5) is 0 Å². The highest BCUT2D eigenvalue weighted by molar-refractivity contribution is 7.89. The monoisotopic (exact) mass is 290 g/mol. The summed E-state index contributed by atoms with van der Waals surface area (Å²) in [5, 5.41) is 3.03.